The minimum absolute atomic E-state index is 0.0463. The first-order valence-corrected chi connectivity index (χ1v) is 6.93. The van der Waals surface area contributed by atoms with Crippen molar-refractivity contribution in [2.24, 2.45) is 0 Å². The summed E-state index contributed by atoms with van der Waals surface area (Å²) in [5.74, 6) is -1.21. The van der Waals surface area contributed by atoms with E-state index in [1.165, 1.54) is 0 Å². The molecule has 2 rings (SSSR count). The van der Waals surface area contributed by atoms with Crippen LogP contribution in [0.1, 0.15) is 17.1 Å². The Morgan fingerprint density at radius 3 is 2.27 bits per heavy atom. The van der Waals surface area contributed by atoms with Crippen LogP contribution in [0.2, 0.25) is 0 Å². The lowest BCUT2D eigenvalue weighted by Crippen LogP contribution is -2.28. The molecular weight excluding hydrogens is 367 g/mol. The molecule has 0 atom stereocenters. The third kappa shape index (κ3) is 4.27. The van der Waals surface area contributed by atoms with Crippen molar-refractivity contribution in [1.82, 2.24) is 4.90 Å². The summed E-state index contributed by atoms with van der Waals surface area (Å²) >= 11 is 3.26. The van der Waals surface area contributed by atoms with Gasteiger partial charge in [-0.1, -0.05) is 28.1 Å². The predicted molar refractivity (Wildman–Crippen MR) is 75.1 cm³/mol. The predicted octanol–water partition coefficient (Wildman–Crippen LogP) is 4.74. The maximum absolute atomic E-state index is 12.5. The van der Waals surface area contributed by atoms with Crippen molar-refractivity contribution < 1.29 is 27.5 Å². The minimum atomic E-state index is -4.59. The maximum atomic E-state index is 12.5. The molecule has 1 aromatic carbocycles. The fourth-order valence-corrected chi connectivity index (χ4v) is 2.07. The second-order valence-electron chi connectivity index (χ2n) is 4.53. The molecule has 0 saturated carbocycles. The molecule has 0 aliphatic rings. The average Bonchev–Trinajstić information content (AvgIpc) is 2.89. The molecule has 0 bridgehead atoms. The van der Waals surface area contributed by atoms with Gasteiger partial charge in [0.05, 0.1) is 6.54 Å². The number of halogens is 4. The first-order valence-electron chi connectivity index (χ1n) is 6.14. The second-order valence-corrected chi connectivity index (χ2v) is 5.44. The van der Waals surface area contributed by atoms with Gasteiger partial charge >= 0.3 is 12.3 Å². The number of hydrogen-bond acceptors (Lipinski definition) is 2. The molecular formula is C14H11BrF3NO3. The summed E-state index contributed by atoms with van der Waals surface area (Å²) in [6.07, 6.45) is -5.83. The van der Waals surface area contributed by atoms with Gasteiger partial charge in [-0.15, -0.1) is 0 Å². The zero-order valence-electron chi connectivity index (χ0n) is 11.1. The van der Waals surface area contributed by atoms with E-state index in [2.05, 4.69) is 20.3 Å². The molecule has 0 saturated heterocycles. The Balaban J connectivity index is 2.10. The first kappa shape index (κ1) is 16.4. The minimum Gasteiger partial charge on any atom is -0.465 e. The van der Waals surface area contributed by atoms with Crippen molar-refractivity contribution in [3.05, 3.63) is 58.0 Å². The first-order chi connectivity index (χ1) is 10.3. The van der Waals surface area contributed by atoms with Gasteiger partial charge in [0.25, 0.3) is 0 Å². The van der Waals surface area contributed by atoms with Crippen LogP contribution in [-0.4, -0.2) is 16.1 Å². The normalized spacial score (nSPS) is 11.5. The van der Waals surface area contributed by atoms with Crippen molar-refractivity contribution >= 4 is 22.0 Å². The SMILES string of the molecule is O=C(O)N(Cc1ccc(Br)cc1)Cc1ccc(C(F)(F)F)o1. The molecule has 0 aliphatic heterocycles. The molecule has 1 heterocycles. The number of furan rings is 1. The second kappa shape index (κ2) is 6.43. The Morgan fingerprint density at radius 1 is 1.14 bits per heavy atom. The lowest BCUT2D eigenvalue weighted by molar-refractivity contribution is -0.153. The Labute approximate surface area is 132 Å². The molecule has 22 heavy (non-hydrogen) atoms. The van der Waals surface area contributed by atoms with Crippen molar-refractivity contribution in [3.63, 3.8) is 0 Å². The van der Waals surface area contributed by atoms with E-state index in [9.17, 15) is 18.0 Å². The lowest BCUT2D eigenvalue weighted by atomic mass is 10.2. The fourth-order valence-electron chi connectivity index (χ4n) is 1.80. The van der Waals surface area contributed by atoms with E-state index >= 15 is 0 Å². The summed E-state index contributed by atoms with van der Waals surface area (Å²) < 4.78 is 42.9. The Kier molecular flexibility index (Phi) is 4.80. The van der Waals surface area contributed by atoms with E-state index in [0.29, 0.717) is 5.56 Å². The number of rotatable bonds is 4. The van der Waals surface area contributed by atoms with Gasteiger partial charge in [0.1, 0.15) is 5.76 Å². The number of alkyl halides is 3. The van der Waals surface area contributed by atoms with E-state index in [1.807, 2.05) is 0 Å². The average molecular weight is 378 g/mol. The molecule has 2 aromatic rings. The Hall–Kier alpha value is -1.96. The van der Waals surface area contributed by atoms with E-state index in [0.717, 1.165) is 21.5 Å². The Morgan fingerprint density at radius 2 is 1.77 bits per heavy atom. The summed E-state index contributed by atoms with van der Waals surface area (Å²) in [4.78, 5) is 12.2. The summed E-state index contributed by atoms with van der Waals surface area (Å²) in [6.45, 7) is -0.216. The van der Waals surface area contributed by atoms with Crippen molar-refractivity contribution in [1.29, 1.82) is 0 Å². The molecule has 1 amide bonds. The highest BCUT2D eigenvalue weighted by Gasteiger charge is 2.35. The number of benzene rings is 1. The third-order valence-corrected chi connectivity index (χ3v) is 3.37. The molecule has 8 heteroatoms. The largest absolute Gasteiger partial charge is 0.465 e. The van der Waals surface area contributed by atoms with Gasteiger partial charge in [0.2, 0.25) is 5.76 Å². The fraction of sp³-hybridized carbons (Fsp3) is 0.214. The number of nitrogens with zero attached hydrogens (tertiary/aromatic N) is 1. The topological polar surface area (TPSA) is 53.7 Å². The van der Waals surface area contributed by atoms with Crippen LogP contribution in [-0.2, 0) is 19.3 Å². The van der Waals surface area contributed by atoms with Gasteiger partial charge in [-0.25, -0.2) is 4.79 Å². The Bertz CT molecular complexity index is 652. The number of amides is 1. The number of hydrogen-bond donors (Lipinski definition) is 1. The van der Waals surface area contributed by atoms with Gasteiger partial charge < -0.3 is 9.52 Å². The van der Waals surface area contributed by atoms with E-state index < -0.39 is 18.0 Å². The number of carbonyl (C=O) groups is 1. The molecule has 0 aliphatic carbocycles. The van der Waals surface area contributed by atoms with Gasteiger partial charge in [0.15, 0.2) is 0 Å². The maximum Gasteiger partial charge on any atom is 0.449 e. The van der Waals surface area contributed by atoms with Gasteiger partial charge in [-0.3, -0.25) is 4.90 Å². The van der Waals surface area contributed by atoms with Gasteiger partial charge in [-0.2, -0.15) is 13.2 Å². The van der Waals surface area contributed by atoms with Crippen molar-refractivity contribution in [2.45, 2.75) is 19.3 Å². The van der Waals surface area contributed by atoms with Crippen molar-refractivity contribution in [3.8, 4) is 0 Å². The summed E-state index contributed by atoms with van der Waals surface area (Å²) in [7, 11) is 0. The molecule has 4 nitrogen and oxygen atoms in total. The number of carboxylic acid groups (broad SMARTS) is 1. The molecule has 1 aromatic heterocycles. The van der Waals surface area contributed by atoms with Crippen LogP contribution in [0.15, 0.2) is 45.3 Å². The third-order valence-electron chi connectivity index (χ3n) is 2.84. The lowest BCUT2D eigenvalue weighted by Gasteiger charge is -2.18. The quantitative estimate of drug-likeness (QED) is 0.836. The summed E-state index contributed by atoms with van der Waals surface area (Å²) in [5, 5.41) is 9.17. The molecule has 118 valence electrons. The zero-order valence-corrected chi connectivity index (χ0v) is 12.7. The van der Waals surface area contributed by atoms with Crippen LogP contribution in [0.4, 0.5) is 18.0 Å². The van der Waals surface area contributed by atoms with E-state index in [-0.39, 0.29) is 18.8 Å². The standard InChI is InChI=1S/C14H11BrF3NO3/c15-10-3-1-9(2-4-10)7-19(13(20)21)8-11-5-6-12(22-11)14(16,17)18/h1-6H,7-8H2,(H,20,21). The van der Waals surface area contributed by atoms with E-state index in [1.54, 1.807) is 24.3 Å². The molecule has 0 spiro atoms. The van der Waals surface area contributed by atoms with Crippen LogP contribution >= 0.6 is 15.9 Å². The van der Waals surface area contributed by atoms with Crippen LogP contribution in [0.25, 0.3) is 0 Å². The highest BCUT2D eigenvalue weighted by Crippen LogP contribution is 2.31. The zero-order chi connectivity index (χ0) is 16.3. The molecule has 0 radical (unpaired) electrons. The monoisotopic (exact) mass is 377 g/mol. The van der Waals surface area contributed by atoms with E-state index in [4.69, 9.17) is 5.11 Å². The highest BCUT2D eigenvalue weighted by atomic mass is 79.9. The van der Waals surface area contributed by atoms with Gasteiger partial charge in [0, 0.05) is 11.0 Å². The van der Waals surface area contributed by atoms with Crippen LogP contribution in [0, 0.1) is 0 Å². The highest BCUT2D eigenvalue weighted by molar-refractivity contribution is 9.10. The smallest absolute Gasteiger partial charge is 0.449 e. The van der Waals surface area contributed by atoms with Crippen LogP contribution in [0.5, 0.6) is 0 Å². The molecule has 0 unspecified atom stereocenters. The van der Waals surface area contributed by atoms with Crippen molar-refractivity contribution in [2.75, 3.05) is 0 Å². The van der Waals surface area contributed by atoms with Crippen LogP contribution in [0.3, 0.4) is 0 Å². The molecule has 1 N–H and O–H groups in total. The summed E-state index contributed by atoms with van der Waals surface area (Å²) in [6, 6.07) is 8.87. The van der Waals surface area contributed by atoms with Crippen LogP contribution < -0.4 is 0 Å². The summed E-state index contributed by atoms with van der Waals surface area (Å²) in [5.41, 5.74) is 0.716. The van der Waals surface area contributed by atoms with Gasteiger partial charge in [-0.05, 0) is 29.8 Å². The molecule has 0 fully saturated rings.